The second kappa shape index (κ2) is 10.1. The van der Waals surface area contributed by atoms with Gasteiger partial charge < -0.3 is 16.0 Å². The molecule has 0 saturated heterocycles. The fraction of sp³-hybridized carbons (Fsp3) is 1.00. The van der Waals surface area contributed by atoms with Crippen LogP contribution in [0.15, 0.2) is 0 Å². The topological polar surface area (TPSA) is 36.1 Å². The van der Waals surface area contributed by atoms with E-state index in [2.05, 4.69) is 48.1 Å². The van der Waals surface area contributed by atoms with Crippen molar-refractivity contribution in [3.8, 4) is 0 Å². The van der Waals surface area contributed by atoms with Gasteiger partial charge in [-0.15, -0.1) is 0 Å². The van der Waals surface area contributed by atoms with Gasteiger partial charge in [0.1, 0.15) is 0 Å². The summed E-state index contributed by atoms with van der Waals surface area (Å²) in [4.78, 5) is 0. The van der Waals surface area contributed by atoms with E-state index in [1.165, 1.54) is 0 Å². The van der Waals surface area contributed by atoms with Crippen molar-refractivity contribution in [3.05, 3.63) is 0 Å². The summed E-state index contributed by atoms with van der Waals surface area (Å²) in [7, 11) is 1.96. The van der Waals surface area contributed by atoms with E-state index in [9.17, 15) is 0 Å². The number of nitrogens with one attached hydrogen (secondary N) is 3. The molecule has 0 radical (unpaired) electrons. The van der Waals surface area contributed by atoms with Crippen LogP contribution in [-0.4, -0.2) is 50.3 Å². The predicted molar refractivity (Wildman–Crippen MR) is 70.9 cm³/mol. The fourth-order valence-corrected chi connectivity index (χ4v) is 1.76. The molecule has 5 heteroatoms. The van der Waals surface area contributed by atoms with Gasteiger partial charge in [0.15, 0.2) is 0 Å². The molecule has 0 fully saturated rings. The lowest BCUT2D eigenvalue weighted by Crippen LogP contribution is -2.47. The van der Waals surface area contributed by atoms with Crippen molar-refractivity contribution in [2.45, 2.75) is 19.0 Å². The largest absolute Gasteiger partial charge is 0.318 e. The standard InChI is InChI=1S/C9H23N3S2/c1-3-11-9(7-14)5-12-8(6-13)4-10-2/h8-14H,3-7H2,1-2H3. The average molecular weight is 237 g/mol. The normalized spacial score (nSPS) is 15.4. The fourth-order valence-electron chi connectivity index (χ4n) is 1.25. The summed E-state index contributed by atoms with van der Waals surface area (Å²) in [6.07, 6.45) is 0. The van der Waals surface area contributed by atoms with Crippen molar-refractivity contribution in [2.75, 3.05) is 38.2 Å². The molecular weight excluding hydrogens is 214 g/mol. The molecule has 0 rings (SSSR count). The highest BCUT2D eigenvalue weighted by Crippen LogP contribution is 1.90. The molecule has 86 valence electrons. The summed E-state index contributed by atoms with van der Waals surface area (Å²) < 4.78 is 0. The molecule has 3 nitrogen and oxygen atoms in total. The van der Waals surface area contributed by atoms with Gasteiger partial charge in [0, 0.05) is 36.7 Å². The van der Waals surface area contributed by atoms with Crippen molar-refractivity contribution >= 4 is 25.3 Å². The monoisotopic (exact) mass is 237 g/mol. The molecule has 3 N–H and O–H groups in total. The third-order valence-corrected chi connectivity index (χ3v) is 2.92. The first-order valence-electron chi connectivity index (χ1n) is 5.11. The number of likely N-dealkylation sites (N-methyl/N-ethyl adjacent to an activating group) is 2. The summed E-state index contributed by atoms with van der Waals surface area (Å²) in [5.41, 5.74) is 0. The number of thiol groups is 2. The smallest absolute Gasteiger partial charge is 0.0281 e. The van der Waals surface area contributed by atoms with Gasteiger partial charge >= 0.3 is 0 Å². The lowest BCUT2D eigenvalue weighted by molar-refractivity contribution is 0.467. The molecule has 0 bridgehead atoms. The Hall–Kier alpha value is 0.580. The summed E-state index contributed by atoms with van der Waals surface area (Å²) in [6.45, 7) is 5.00. The Balaban J connectivity index is 3.63. The van der Waals surface area contributed by atoms with E-state index in [4.69, 9.17) is 0 Å². The Morgan fingerprint density at radius 3 is 2.00 bits per heavy atom. The van der Waals surface area contributed by atoms with Gasteiger partial charge in [0.25, 0.3) is 0 Å². The highest BCUT2D eigenvalue weighted by atomic mass is 32.1. The molecule has 0 aromatic heterocycles. The predicted octanol–water partition coefficient (Wildman–Crippen LogP) is 0.00170. The number of hydrogen-bond donors (Lipinski definition) is 5. The maximum absolute atomic E-state index is 4.30. The molecule has 0 spiro atoms. The third-order valence-electron chi connectivity index (χ3n) is 2.04. The molecule has 0 aliphatic rings. The molecule has 2 atom stereocenters. The molecule has 0 heterocycles. The summed E-state index contributed by atoms with van der Waals surface area (Å²) in [5, 5.41) is 9.97. The SMILES string of the molecule is CCNC(CS)CNC(CS)CNC. The van der Waals surface area contributed by atoms with Crippen molar-refractivity contribution in [2.24, 2.45) is 0 Å². The molecule has 0 aliphatic heterocycles. The van der Waals surface area contributed by atoms with Crippen molar-refractivity contribution in [1.82, 2.24) is 16.0 Å². The minimum atomic E-state index is 0.435. The second-order valence-corrected chi connectivity index (χ2v) is 4.01. The molecule has 0 aromatic carbocycles. The first-order valence-corrected chi connectivity index (χ1v) is 6.38. The molecule has 0 aromatic rings. The van der Waals surface area contributed by atoms with E-state index in [-0.39, 0.29) is 0 Å². The van der Waals surface area contributed by atoms with Gasteiger partial charge in [0.05, 0.1) is 0 Å². The van der Waals surface area contributed by atoms with Crippen LogP contribution in [0.4, 0.5) is 0 Å². The van der Waals surface area contributed by atoms with E-state index in [0.717, 1.165) is 31.1 Å². The van der Waals surface area contributed by atoms with Crippen LogP contribution in [-0.2, 0) is 0 Å². The van der Waals surface area contributed by atoms with Gasteiger partial charge in [0.2, 0.25) is 0 Å². The molecular formula is C9H23N3S2. The Morgan fingerprint density at radius 1 is 1.00 bits per heavy atom. The maximum Gasteiger partial charge on any atom is 0.0281 e. The van der Waals surface area contributed by atoms with Crippen molar-refractivity contribution in [3.63, 3.8) is 0 Å². The maximum atomic E-state index is 4.30. The van der Waals surface area contributed by atoms with Crippen LogP contribution in [0.3, 0.4) is 0 Å². The van der Waals surface area contributed by atoms with E-state index >= 15 is 0 Å². The summed E-state index contributed by atoms with van der Waals surface area (Å²) in [6, 6.07) is 0.881. The molecule has 0 amide bonds. The third kappa shape index (κ3) is 6.95. The lowest BCUT2D eigenvalue weighted by Gasteiger charge is -2.21. The van der Waals surface area contributed by atoms with E-state index < -0.39 is 0 Å². The van der Waals surface area contributed by atoms with Gasteiger partial charge in [-0.2, -0.15) is 25.3 Å². The summed E-state index contributed by atoms with van der Waals surface area (Å²) >= 11 is 8.59. The minimum Gasteiger partial charge on any atom is -0.318 e. The zero-order valence-electron chi connectivity index (χ0n) is 9.08. The van der Waals surface area contributed by atoms with Crippen LogP contribution in [0, 0.1) is 0 Å². The lowest BCUT2D eigenvalue weighted by atomic mass is 10.2. The van der Waals surface area contributed by atoms with Gasteiger partial charge in [-0.1, -0.05) is 6.92 Å². The molecule has 14 heavy (non-hydrogen) atoms. The molecule has 0 aliphatic carbocycles. The zero-order chi connectivity index (χ0) is 10.8. The number of rotatable bonds is 9. The Bertz CT molecular complexity index is 111. The van der Waals surface area contributed by atoms with Crippen LogP contribution >= 0.6 is 25.3 Å². The van der Waals surface area contributed by atoms with E-state index in [0.29, 0.717) is 12.1 Å². The van der Waals surface area contributed by atoms with Crippen molar-refractivity contribution in [1.29, 1.82) is 0 Å². The van der Waals surface area contributed by atoms with Gasteiger partial charge in [-0.3, -0.25) is 0 Å². The molecule has 0 saturated carbocycles. The van der Waals surface area contributed by atoms with E-state index in [1.54, 1.807) is 0 Å². The quantitative estimate of drug-likeness (QED) is 0.367. The van der Waals surface area contributed by atoms with Crippen LogP contribution in [0.1, 0.15) is 6.92 Å². The first kappa shape index (κ1) is 14.6. The highest BCUT2D eigenvalue weighted by Gasteiger charge is 2.08. The van der Waals surface area contributed by atoms with Crippen molar-refractivity contribution < 1.29 is 0 Å². The molecule has 2 unspecified atom stereocenters. The first-order chi connectivity index (χ1) is 6.78. The van der Waals surface area contributed by atoms with Gasteiger partial charge in [-0.05, 0) is 13.6 Å². The Morgan fingerprint density at radius 2 is 1.57 bits per heavy atom. The average Bonchev–Trinajstić information content (AvgIpc) is 2.22. The van der Waals surface area contributed by atoms with E-state index in [1.807, 2.05) is 7.05 Å². The minimum absolute atomic E-state index is 0.435. The number of hydrogen-bond acceptors (Lipinski definition) is 5. The second-order valence-electron chi connectivity index (χ2n) is 3.28. The zero-order valence-corrected chi connectivity index (χ0v) is 10.9. The Kier molecular flexibility index (Phi) is 10.5. The van der Waals surface area contributed by atoms with Crippen LogP contribution in [0.2, 0.25) is 0 Å². The highest BCUT2D eigenvalue weighted by molar-refractivity contribution is 7.80. The van der Waals surface area contributed by atoms with Gasteiger partial charge in [-0.25, -0.2) is 0 Å². The van der Waals surface area contributed by atoms with Crippen LogP contribution in [0.5, 0.6) is 0 Å². The van der Waals surface area contributed by atoms with Crippen LogP contribution < -0.4 is 16.0 Å². The Labute approximate surface area is 98.6 Å². The van der Waals surface area contributed by atoms with Crippen LogP contribution in [0.25, 0.3) is 0 Å². The summed E-state index contributed by atoms with van der Waals surface area (Å²) in [5.74, 6) is 1.71.